The van der Waals surface area contributed by atoms with Crippen molar-refractivity contribution in [3.05, 3.63) is 0 Å². The molecule has 0 aliphatic carbocycles. The van der Waals surface area contributed by atoms with Crippen LogP contribution in [-0.4, -0.2) is 61.1 Å². The minimum absolute atomic E-state index is 0.0901. The number of hydrogen-bond acceptors (Lipinski definition) is 6. The van der Waals surface area contributed by atoms with Crippen LogP contribution < -0.4 is 5.32 Å². The number of amidine groups is 1. The first-order valence-corrected chi connectivity index (χ1v) is 6.62. The lowest BCUT2D eigenvalue weighted by Crippen LogP contribution is -2.41. The molecule has 0 aromatic carbocycles. The van der Waals surface area contributed by atoms with E-state index < -0.39 is 7.12 Å². The van der Waals surface area contributed by atoms with Crippen molar-refractivity contribution in [1.29, 1.82) is 0 Å². The van der Waals surface area contributed by atoms with Gasteiger partial charge in [-0.15, -0.1) is 0 Å². The number of aliphatic hydroxyl groups is 1. The average molecular weight is 267 g/mol. The summed E-state index contributed by atoms with van der Waals surface area (Å²) in [5.74, 6) is 0.800. The molecule has 2 rings (SSSR count). The number of aliphatic hydroxyl groups excluding tert-OH is 1. The first kappa shape index (κ1) is 14.5. The monoisotopic (exact) mass is 267 g/mol. The molecular formula is C12H22BN3O3. The van der Waals surface area contributed by atoms with Gasteiger partial charge in [-0.3, -0.25) is 9.98 Å². The quantitative estimate of drug-likeness (QED) is 0.709. The molecule has 0 aromatic heterocycles. The van der Waals surface area contributed by atoms with E-state index in [1.54, 1.807) is 0 Å². The number of aliphatic imine (C=N–C) groups is 2. The van der Waals surface area contributed by atoms with E-state index in [2.05, 4.69) is 15.3 Å². The van der Waals surface area contributed by atoms with Gasteiger partial charge in [0.25, 0.3) is 0 Å². The molecule has 0 unspecified atom stereocenters. The molecule has 0 amide bonds. The Morgan fingerprint density at radius 2 is 1.79 bits per heavy atom. The fourth-order valence-electron chi connectivity index (χ4n) is 1.89. The van der Waals surface area contributed by atoms with Gasteiger partial charge >= 0.3 is 7.12 Å². The summed E-state index contributed by atoms with van der Waals surface area (Å²) < 4.78 is 11.9. The van der Waals surface area contributed by atoms with Crippen molar-refractivity contribution in [2.75, 3.05) is 26.2 Å². The van der Waals surface area contributed by atoms with Crippen molar-refractivity contribution in [2.24, 2.45) is 9.98 Å². The predicted molar refractivity (Wildman–Crippen MR) is 75.8 cm³/mol. The topological polar surface area (TPSA) is 75.4 Å². The van der Waals surface area contributed by atoms with Crippen molar-refractivity contribution in [1.82, 2.24) is 5.32 Å². The molecule has 2 heterocycles. The summed E-state index contributed by atoms with van der Waals surface area (Å²) in [6, 6.07) is 0. The molecule has 1 saturated heterocycles. The third-order valence-electron chi connectivity index (χ3n) is 3.83. The number of nitrogens with one attached hydrogen (secondary N) is 1. The van der Waals surface area contributed by atoms with Gasteiger partial charge in [0.1, 0.15) is 5.84 Å². The van der Waals surface area contributed by atoms with Gasteiger partial charge in [-0.25, -0.2) is 0 Å². The Hall–Kier alpha value is -0.915. The lowest BCUT2D eigenvalue weighted by Gasteiger charge is -2.32. The second-order valence-electron chi connectivity index (χ2n) is 5.81. The summed E-state index contributed by atoms with van der Waals surface area (Å²) in [4.78, 5) is 8.86. The van der Waals surface area contributed by atoms with Crippen LogP contribution in [0.15, 0.2) is 9.98 Å². The van der Waals surface area contributed by atoms with E-state index in [-0.39, 0.29) is 17.8 Å². The number of hydrogen-bond donors (Lipinski definition) is 2. The SMILES string of the molecule is CC1(C)OB(C2=NCC(NCCO)=NC2)OC1(C)C. The third-order valence-corrected chi connectivity index (χ3v) is 3.83. The lowest BCUT2D eigenvalue weighted by atomic mass is 9.81. The molecule has 106 valence electrons. The zero-order chi connectivity index (χ0) is 14.1. The Kier molecular flexibility index (Phi) is 3.99. The highest BCUT2D eigenvalue weighted by Gasteiger charge is 2.53. The first-order chi connectivity index (χ1) is 8.86. The van der Waals surface area contributed by atoms with E-state index in [1.165, 1.54) is 0 Å². The van der Waals surface area contributed by atoms with Crippen LogP contribution >= 0.6 is 0 Å². The van der Waals surface area contributed by atoms with Gasteiger partial charge < -0.3 is 19.7 Å². The highest BCUT2D eigenvalue weighted by molar-refractivity contribution is 6.83. The van der Waals surface area contributed by atoms with Crippen molar-refractivity contribution < 1.29 is 14.4 Å². The molecule has 0 aromatic rings. The van der Waals surface area contributed by atoms with Gasteiger partial charge in [0.2, 0.25) is 0 Å². The molecule has 19 heavy (non-hydrogen) atoms. The third kappa shape index (κ3) is 2.99. The molecule has 0 atom stereocenters. The van der Waals surface area contributed by atoms with E-state index >= 15 is 0 Å². The Bertz CT molecular complexity index is 391. The molecule has 0 bridgehead atoms. The fourth-order valence-corrected chi connectivity index (χ4v) is 1.89. The summed E-state index contributed by atoms with van der Waals surface area (Å²) in [6.07, 6.45) is 0. The van der Waals surface area contributed by atoms with Crippen molar-refractivity contribution in [2.45, 2.75) is 38.9 Å². The largest absolute Gasteiger partial charge is 0.511 e. The van der Waals surface area contributed by atoms with Gasteiger partial charge in [-0.1, -0.05) is 0 Å². The van der Waals surface area contributed by atoms with Crippen LogP contribution in [-0.2, 0) is 9.31 Å². The van der Waals surface area contributed by atoms with E-state index in [0.717, 1.165) is 11.4 Å². The van der Waals surface area contributed by atoms with Gasteiger partial charge in [0, 0.05) is 6.54 Å². The minimum Gasteiger partial charge on any atom is -0.399 e. The molecular weight excluding hydrogens is 245 g/mol. The zero-order valence-corrected chi connectivity index (χ0v) is 12.1. The van der Waals surface area contributed by atoms with Gasteiger partial charge in [-0.2, -0.15) is 0 Å². The number of nitrogens with zero attached hydrogens (tertiary/aromatic N) is 2. The first-order valence-electron chi connectivity index (χ1n) is 6.62. The summed E-state index contributed by atoms with van der Waals surface area (Å²) in [7, 11) is -0.409. The van der Waals surface area contributed by atoms with Crippen LogP contribution in [0.25, 0.3) is 0 Å². The maximum absolute atomic E-state index is 8.74. The van der Waals surface area contributed by atoms with Crippen molar-refractivity contribution >= 4 is 18.6 Å². The maximum atomic E-state index is 8.74. The van der Waals surface area contributed by atoms with E-state index in [9.17, 15) is 0 Å². The second-order valence-corrected chi connectivity index (χ2v) is 5.81. The fraction of sp³-hybridized carbons (Fsp3) is 0.833. The van der Waals surface area contributed by atoms with Gasteiger partial charge in [0.15, 0.2) is 0 Å². The Morgan fingerprint density at radius 1 is 1.16 bits per heavy atom. The summed E-state index contributed by atoms with van der Waals surface area (Å²) in [5, 5.41) is 11.8. The summed E-state index contributed by atoms with van der Waals surface area (Å²) >= 11 is 0. The van der Waals surface area contributed by atoms with Crippen molar-refractivity contribution in [3.63, 3.8) is 0 Å². The molecule has 1 fully saturated rings. The molecule has 0 radical (unpaired) electrons. The molecule has 2 aliphatic heterocycles. The van der Waals surface area contributed by atoms with Crippen molar-refractivity contribution in [3.8, 4) is 0 Å². The van der Waals surface area contributed by atoms with Gasteiger partial charge in [0.05, 0.1) is 36.5 Å². The Morgan fingerprint density at radius 3 is 2.26 bits per heavy atom. The van der Waals surface area contributed by atoms with Crippen LogP contribution in [0.5, 0.6) is 0 Å². The normalized spacial score (nSPS) is 25.0. The molecule has 2 aliphatic rings. The highest BCUT2D eigenvalue weighted by atomic mass is 16.7. The van der Waals surface area contributed by atoms with Crippen LogP contribution in [0.2, 0.25) is 0 Å². The molecule has 0 spiro atoms. The zero-order valence-electron chi connectivity index (χ0n) is 12.1. The standard InChI is InChI=1S/C12H22BN3O3/c1-11(2)12(3,4)19-13(18-11)9-7-16-10(8-15-9)14-5-6-17/h17H,5-8H2,1-4H3,(H,14,16). The number of rotatable bonds is 3. The Labute approximate surface area is 114 Å². The molecule has 6 nitrogen and oxygen atoms in total. The van der Waals surface area contributed by atoms with E-state index in [4.69, 9.17) is 14.4 Å². The summed E-state index contributed by atoms with van der Waals surface area (Å²) in [6.45, 7) is 9.64. The lowest BCUT2D eigenvalue weighted by molar-refractivity contribution is 0.00578. The van der Waals surface area contributed by atoms with E-state index in [1.807, 2.05) is 27.7 Å². The highest BCUT2D eigenvalue weighted by Crippen LogP contribution is 2.37. The van der Waals surface area contributed by atoms with Crippen LogP contribution in [0.4, 0.5) is 0 Å². The molecule has 0 saturated carbocycles. The molecule has 7 heteroatoms. The maximum Gasteiger partial charge on any atom is 0.511 e. The summed E-state index contributed by atoms with van der Waals surface area (Å²) in [5.41, 5.74) is 0.131. The van der Waals surface area contributed by atoms with Gasteiger partial charge in [-0.05, 0) is 27.7 Å². The smallest absolute Gasteiger partial charge is 0.399 e. The van der Waals surface area contributed by atoms with Crippen LogP contribution in [0.1, 0.15) is 27.7 Å². The van der Waals surface area contributed by atoms with Crippen LogP contribution in [0, 0.1) is 0 Å². The second kappa shape index (κ2) is 5.23. The average Bonchev–Trinajstić information content (AvgIpc) is 2.56. The van der Waals surface area contributed by atoms with E-state index in [0.29, 0.717) is 19.6 Å². The predicted octanol–water partition coefficient (Wildman–Crippen LogP) is 0.0528. The minimum atomic E-state index is -0.409. The molecule has 2 N–H and O–H groups in total. The Balaban J connectivity index is 1.95. The van der Waals surface area contributed by atoms with Crippen LogP contribution in [0.3, 0.4) is 0 Å².